The molecule has 1 aliphatic heterocycles. The van der Waals surface area contributed by atoms with E-state index in [1.165, 1.54) is 32.1 Å². The third kappa shape index (κ3) is 2.94. The van der Waals surface area contributed by atoms with Crippen molar-refractivity contribution in [3.63, 3.8) is 0 Å². The fourth-order valence-corrected chi connectivity index (χ4v) is 3.71. The molecule has 6 nitrogen and oxygen atoms in total. The highest BCUT2D eigenvalue weighted by molar-refractivity contribution is 5.41. The summed E-state index contributed by atoms with van der Waals surface area (Å²) in [7, 11) is 0. The third-order valence-corrected chi connectivity index (χ3v) is 5.73. The molecule has 0 amide bonds. The van der Waals surface area contributed by atoms with Crippen LogP contribution in [-0.2, 0) is 6.54 Å². The van der Waals surface area contributed by atoms with E-state index >= 15 is 0 Å². The van der Waals surface area contributed by atoms with Gasteiger partial charge in [0.05, 0.1) is 12.2 Å². The quantitative estimate of drug-likeness (QED) is 0.838. The Morgan fingerprint density at radius 2 is 1.88 bits per heavy atom. The average Bonchev–Trinajstić information content (AvgIpc) is 3.35. The van der Waals surface area contributed by atoms with Crippen LogP contribution in [0.2, 0.25) is 0 Å². The van der Waals surface area contributed by atoms with Gasteiger partial charge in [0.25, 0.3) is 5.56 Å². The Morgan fingerprint density at radius 1 is 1.04 bits per heavy atom. The van der Waals surface area contributed by atoms with Crippen molar-refractivity contribution in [1.29, 1.82) is 0 Å². The molecule has 2 saturated carbocycles. The van der Waals surface area contributed by atoms with E-state index in [2.05, 4.69) is 15.0 Å². The molecule has 25 heavy (non-hydrogen) atoms. The smallest absolute Gasteiger partial charge is 0.266 e. The van der Waals surface area contributed by atoms with Crippen LogP contribution in [0.1, 0.15) is 55.5 Å². The highest BCUT2D eigenvalue weighted by Gasteiger charge is 2.31. The normalized spacial score (nSPS) is 21.0. The third-order valence-electron chi connectivity index (χ3n) is 5.73. The van der Waals surface area contributed by atoms with Crippen LogP contribution in [0.4, 0.5) is 5.82 Å². The summed E-state index contributed by atoms with van der Waals surface area (Å²) in [6.07, 6.45) is 8.04. The van der Waals surface area contributed by atoms with E-state index in [1.54, 1.807) is 10.7 Å². The Bertz CT molecular complexity index is 834. The topological polar surface area (TPSA) is 63.9 Å². The van der Waals surface area contributed by atoms with Gasteiger partial charge in [-0.2, -0.15) is 5.10 Å². The van der Waals surface area contributed by atoms with Crippen LogP contribution in [0, 0.1) is 5.92 Å². The lowest BCUT2D eigenvalue weighted by Crippen LogP contribution is -2.50. The Hall–Kier alpha value is -2.24. The van der Waals surface area contributed by atoms with Gasteiger partial charge in [0.1, 0.15) is 11.6 Å². The van der Waals surface area contributed by atoms with E-state index in [1.807, 2.05) is 18.3 Å². The minimum absolute atomic E-state index is 0.0113. The molecule has 1 saturated heterocycles. The molecule has 2 aromatic heterocycles. The molecule has 3 heterocycles. The van der Waals surface area contributed by atoms with Gasteiger partial charge in [-0.15, -0.1) is 0 Å². The van der Waals surface area contributed by atoms with Gasteiger partial charge < -0.3 is 4.90 Å². The minimum atomic E-state index is 0.0113. The molecular weight excluding hydrogens is 314 g/mol. The predicted molar refractivity (Wildman–Crippen MR) is 94.8 cm³/mol. The Kier molecular flexibility index (Phi) is 3.57. The van der Waals surface area contributed by atoms with E-state index in [0.717, 1.165) is 30.4 Å². The second kappa shape index (κ2) is 5.93. The van der Waals surface area contributed by atoms with Crippen molar-refractivity contribution in [3.05, 3.63) is 46.3 Å². The van der Waals surface area contributed by atoms with E-state index in [9.17, 15) is 4.79 Å². The number of hydrogen-bond acceptors (Lipinski definition) is 5. The number of anilines is 1. The average molecular weight is 337 g/mol. The van der Waals surface area contributed by atoms with E-state index in [4.69, 9.17) is 4.98 Å². The molecule has 0 radical (unpaired) electrons. The highest BCUT2D eigenvalue weighted by atomic mass is 16.1. The van der Waals surface area contributed by atoms with Gasteiger partial charge >= 0.3 is 0 Å². The highest BCUT2D eigenvalue weighted by Crippen LogP contribution is 2.38. The molecule has 5 rings (SSSR count). The summed E-state index contributed by atoms with van der Waals surface area (Å²) in [4.78, 5) is 23.5. The van der Waals surface area contributed by atoms with E-state index < -0.39 is 0 Å². The summed E-state index contributed by atoms with van der Waals surface area (Å²) in [6, 6.07) is 5.56. The van der Waals surface area contributed by atoms with Crippen LogP contribution < -0.4 is 10.5 Å². The summed E-state index contributed by atoms with van der Waals surface area (Å²) in [5.74, 6) is 3.63. The van der Waals surface area contributed by atoms with Gasteiger partial charge in [-0.3, -0.25) is 4.79 Å². The monoisotopic (exact) mass is 337 g/mol. The molecule has 0 N–H and O–H groups in total. The maximum atomic E-state index is 12.1. The standard InChI is InChI=1S/C19H23N5O/c25-18-7-6-16(14-4-5-14)22-24(18)12-13-10-23(11-13)17-8-9-20-19(21-17)15-2-1-3-15/h6-9,13-15H,1-5,10-12H2. The summed E-state index contributed by atoms with van der Waals surface area (Å²) >= 11 is 0. The zero-order valence-corrected chi connectivity index (χ0v) is 14.3. The van der Waals surface area contributed by atoms with Gasteiger partial charge in [-0.1, -0.05) is 6.42 Å². The van der Waals surface area contributed by atoms with E-state index in [0.29, 0.717) is 24.3 Å². The van der Waals surface area contributed by atoms with Crippen molar-refractivity contribution < 1.29 is 0 Å². The molecule has 2 aliphatic carbocycles. The Morgan fingerprint density at radius 3 is 2.60 bits per heavy atom. The van der Waals surface area contributed by atoms with Gasteiger partial charge in [0.2, 0.25) is 0 Å². The molecule has 2 aromatic rings. The second-order valence-electron chi connectivity index (χ2n) is 7.72. The summed E-state index contributed by atoms with van der Waals surface area (Å²) in [6.45, 7) is 2.57. The molecule has 0 atom stereocenters. The second-order valence-corrected chi connectivity index (χ2v) is 7.72. The van der Waals surface area contributed by atoms with Crippen molar-refractivity contribution in [2.75, 3.05) is 18.0 Å². The van der Waals surface area contributed by atoms with Crippen molar-refractivity contribution >= 4 is 5.82 Å². The first kappa shape index (κ1) is 15.0. The number of nitrogens with zero attached hydrogens (tertiary/aromatic N) is 5. The van der Waals surface area contributed by atoms with Crippen LogP contribution in [-0.4, -0.2) is 32.8 Å². The minimum Gasteiger partial charge on any atom is -0.356 e. The van der Waals surface area contributed by atoms with E-state index in [-0.39, 0.29) is 5.56 Å². The first-order valence-corrected chi connectivity index (χ1v) is 9.42. The fourth-order valence-electron chi connectivity index (χ4n) is 3.71. The van der Waals surface area contributed by atoms with Gasteiger partial charge in [0, 0.05) is 43.1 Å². The lowest BCUT2D eigenvalue weighted by Gasteiger charge is -2.40. The zero-order valence-electron chi connectivity index (χ0n) is 14.3. The van der Waals surface area contributed by atoms with Crippen LogP contribution in [0.3, 0.4) is 0 Å². The summed E-state index contributed by atoms with van der Waals surface area (Å²) < 4.78 is 1.66. The number of hydrogen-bond donors (Lipinski definition) is 0. The zero-order chi connectivity index (χ0) is 16.8. The van der Waals surface area contributed by atoms with Crippen molar-refractivity contribution in [2.24, 2.45) is 5.92 Å². The van der Waals surface area contributed by atoms with Gasteiger partial charge in [-0.25, -0.2) is 14.6 Å². The van der Waals surface area contributed by atoms with Crippen molar-refractivity contribution in [2.45, 2.75) is 50.5 Å². The molecule has 0 unspecified atom stereocenters. The van der Waals surface area contributed by atoms with Gasteiger partial charge in [-0.05, 0) is 37.8 Å². The van der Waals surface area contributed by atoms with Crippen LogP contribution >= 0.6 is 0 Å². The van der Waals surface area contributed by atoms with Crippen LogP contribution in [0.5, 0.6) is 0 Å². The maximum absolute atomic E-state index is 12.1. The van der Waals surface area contributed by atoms with Crippen LogP contribution in [0.25, 0.3) is 0 Å². The molecule has 0 spiro atoms. The van der Waals surface area contributed by atoms with Crippen LogP contribution in [0.15, 0.2) is 29.2 Å². The molecular formula is C19H23N5O. The van der Waals surface area contributed by atoms with Gasteiger partial charge in [0.15, 0.2) is 0 Å². The Balaban J connectivity index is 1.23. The summed E-state index contributed by atoms with van der Waals surface area (Å²) in [5.41, 5.74) is 1.09. The fraction of sp³-hybridized carbons (Fsp3) is 0.579. The lowest BCUT2D eigenvalue weighted by molar-refractivity contribution is 0.330. The maximum Gasteiger partial charge on any atom is 0.266 e. The largest absolute Gasteiger partial charge is 0.356 e. The number of aromatic nitrogens is 4. The number of rotatable bonds is 5. The summed E-state index contributed by atoms with van der Waals surface area (Å²) in [5, 5.41) is 4.57. The molecule has 3 fully saturated rings. The molecule has 130 valence electrons. The predicted octanol–water partition coefficient (Wildman–Crippen LogP) is 2.31. The SMILES string of the molecule is O=c1ccc(C2CC2)nn1CC1CN(c2ccnc(C3CCC3)n2)C1. The molecule has 3 aliphatic rings. The molecule has 0 aromatic carbocycles. The van der Waals surface area contributed by atoms with Crippen molar-refractivity contribution in [1.82, 2.24) is 19.7 Å². The first-order chi connectivity index (χ1) is 12.3. The molecule has 0 bridgehead atoms. The lowest BCUT2D eigenvalue weighted by atomic mass is 9.85. The Labute approximate surface area is 146 Å². The first-order valence-electron chi connectivity index (χ1n) is 9.42. The molecule has 6 heteroatoms. The van der Waals surface area contributed by atoms with Crippen molar-refractivity contribution in [3.8, 4) is 0 Å².